The predicted molar refractivity (Wildman–Crippen MR) is 96.4 cm³/mol. The number of anilines is 1. The van der Waals surface area contributed by atoms with E-state index in [1.165, 1.54) is 25.4 Å². The molecule has 0 atom stereocenters. The monoisotopic (exact) mass is 353 g/mol. The summed E-state index contributed by atoms with van der Waals surface area (Å²) in [7, 11) is 0.948. The van der Waals surface area contributed by atoms with E-state index in [2.05, 4.69) is 13.8 Å². The van der Waals surface area contributed by atoms with Crippen molar-refractivity contribution in [3.05, 3.63) is 29.8 Å². The summed E-state index contributed by atoms with van der Waals surface area (Å²) in [5.74, 6) is 0.00689. The van der Waals surface area contributed by atoms with Gasteiger partial charge in [0.05, 0.1) is 5.69 Å². The lowest BCUT2D eigenvalue weighted by atomic mass is 9.84. The zero-order valence-electron chi connectivity index (χ0n) is 15.1. The molecule has 1 aliphatic heterocycles. The normalized spacial score (nSPS) is 17.8. The second kappa shape index (κ2) is 6.72. The van der Waals surface area contributed by atoms with Crippen LogP contribution in [0.1, 0.15) is 37.0 Å². The van der Waals surface area contributed by atoms with E-state index in [1.54, 1.807) is 24.3 Å². The van der Waals surface area contributed by atoms with Crippen molar-refractivity contribution in [2.45, 2.75) is 26.7 Å². The average Bonchev–Trinajstić information content (AvgIpc) is 2.52. The Morgan fingerprint density at radius 1 is 1.12 bits per heavy atom. The molecule has 0 spiro atoms. The summed E-state index contributed by atoms with van der Waals surface area (Å²) in [6, 6.07) is 6.73. The average molecular weight is 353 g/mol. The minimum atomic E-state index is -3.53. The summed E-state index contributed by atoms with van der Waals surface area (Å²) in [4.78, 5) is 14.5. The van der Waals surface area contributed by atoms with Crippen molar-refractivity contribution in [3.63, 3.8) is 0 Å². The summed E-state index contributed by atoms with van der Waals surface area (Å²) < 4.78 is 26.6. The molecule has 0 N–H and O–H groups in total. The Labute approximate surface area is 145 Å². The van der Waals surface area contributed by atoms with E-state index in [9.17, 15) is 13.2 Å². The van der Waals surface area contributed by atoms with Crippen LogP contribution in [0.2, 0.25) is 0 Å². The van der Waals surface area contributed by atoms with Crippen LogP contribution in [0.25, 0.3) is 0 Å². The van der Waals surface area contributed by atoms with Crippen LogP contribution in [-0.2, 0) is 10.2 Å². The van der Waals surface area contributed by atoms with Crippen LogP contribution >= 0.6 is 0 Å². The Hall–Kier alpha value is -1.60. The third-order valence-corrected chi connectivity index (χ3v) is 6.30. The summed E-state index contributed by atoms with van der Waals surface area (Å²) >= 11 is 0. The van der Waals surface area contributed by atoms with E-state index in [0.717, 1.165) is 30.2 Å². The van der Waals surface area contributed by atoms with Crippen LogP contribution in [0.5, 0.6) is 0 Å². The Kier molecular flexibility index (Phi) is 5.25. The number of likely N-dealkylation sites (tertiary alicyclic amines) is 1. The molecule has 2 rings (SSSR count). The molecule has 0 unspecified atom stereocenters. The van der Waals surface area contributed by atoms with Gasteiger partial charge in [0, 0.05) is 39.8 Å². The zero-order chi connectivity index (χ0) is 18.1. The number of benzene rings is 1. The number of carbonyl (C=O) groups excluding carboxylic acids is 1. The van der Waals surface area contributed by atoms with Gasteiger partial charge in [0.25, 0.3) is 5.91 Å². The van der Waals surface area contributed by atoms with Crippen molar-refractivity contribution in [1.29, 1.82) is 0 Å². The second-order valence-corrected chi connectivity index (χ2v) is 9.47. The molecule has 0 saturated carbocycles. The fourth-order valence-corrected chi connectivity index (χ4v) is 3.85. The second-order valence-electron chi connectivity index (χ2n) is 7.30. The minimum absolute atomic E-state index is 0.00689. The molecule has 1 aromatic rings. The molecule has 1 fully saturated rings. The summed E-state index contributed by atoms with van der Waals surface area (Å²) in [5.41, 5.74) is 1.26. The fraction of sp³-hybridized carbons (Fsp3) is 0.588. The van der Waals surface area contributed by atoms with E-state index < -0.39 is 10.2 Å². The highest BCUT2D eigenvalue weighted by Crippen LogP contribution is 2.29. The van der Waals surface area contributed by atoms with Crippen molar-refractivity contribution < 1.29 is 13.2 Å². The smallest absolute Gasteiger partial charge is 0.303 e. The molecular weight excluding hydrogens is 326 g/mol. The predicted octanol–water partition coefficient (Wildman–Crippen LogP) is 2.19. The van der Waals surface area contributed by atoms with Crippen LogP contribution < -0.4 is 4.31 Å². The highest BCUT2D eigenvalue weighted by atomic mass is 32.2. The first-order valence-corrected chi connectivity index (χ1v) is 9.50. The lowest BCUT2D eigenvalue weighted by molar-refractivity contribution is 0.0583. The first-order chi connectivity index (χ1) is 11.0. The first-order valence-electron chi connectivity index (χ1n) is 8.10. The van der Waals surface area contributed by atoms with Gasteiger partial charge in [-0.25, -0.2) is 0 Å². The van der Waals surface area contributed by atoms with Crippen LogP contribution in [0, 0.1) is 5.41 Å². The molecule has 0 radical (unpaired) electrons. The van der Waals surface area contributed by atoms with Gasteiger partial charge in [-0.1, -0.05) is 13.8 Å². The van der Waals surface area contributed by atoms with Crippen LogP contribution in [0.15, 0.2) is 24.3 Å². The maximum absolute atomic E-state index is 12.7. The lowest BCUT2D eigenvalue weighted by Crippen LogP contribution is -2.43. The Bertz CT molecular complexity index is 696. The highest BCUT2D eigenvalue weighted by molar-refractivity contribution is 7.90. The number of rotatable bonds is 4. The zero-order valence-corrected chi connectivity index (χ0v) is 15.9. The number of hydrogen-bond acceptors (Lipinski definition) is 3. The van der Waals surface area contributed by atoms with Gasteiger partial charge < -0.3 is 4.90 Å². The topological polar surface area (TPSA) is 60.9 Å². The number of carbonyl (C=O) groups is 1. The van der Waals surface area contributed by atoms with Gasteiger partial charge in [0.1, 0.15) is 0 Å². The van der Waals surface area contributed by atoms with Gasteiger partial charge >= 0.3 is 10.2 Å². The maximum atomic E-state index is 12.7. The Morgan fingerprint density at radius 3 is 2.21 bits per heavy atom. The molecule has 1 heterocycles. The molecule has 1 aromatic carbocycles. The van der Waals surface area contributed by atoms with E-state index in [0.29, 0.717) is 11.3 Å². The molecule has 0 aromatic heterocycles. The Morgan fingerprint density at radius 2 is 1.71 bits per heavy atom. The van der Waals surface area contributed by atoms with Crippen molar-refractivity contribution >= 4 is 21.8 Å². The largest absolute Gasteiger partial charge is 0.338 e. The van der Waals surface area contributed by atoms with Gasteiger partial charge in [0.15, 0.2) is 0 Å². The van der Waals surface area contributed by atoms with E-state index in [-0.39, 0.29) is 11.3 Å². The van der Waals surface area contributed by atoms with Crippen LogP contribution in [0.3, 0.4) is 0 Å². The van der Waals surface area contributed by atoms with Crippen molar-refractivity contribution in [2.75, 3.05) is 38.5 Å². The fourth-order valence-electron chi connectivity index (χ4n) is 2.97. The molecule has 24 heavy (non-hydrogen) atoms. The molecule has 1 amide bonds. The molecule has 1 aliphatic rings. The van der Waals surface area contributed by atoms with Gasteiger partial charge in [-0.05, 0) is 42.5 Å². The molecule has 7 heteroatoms. The summed E-state index contributed by atoms with van der Waals surface area (Å²) in [6.45, 7) is 5.88. The molecule has 1 saturated heterocycles. The number of piperidine rings is 1. The third kappa shape index (κ3) is 3.89. The Balaban J connectivity index is 2.16. The maximum Gasteiger partial charge on any atom is 0.303 e. The van der Waals surface area contributed by atoms with Gasteiger partial charge in [-0.3, -0.25) is 9.10 Å². The summed E-state index contributed by atoms with van der Waals surface area (Å²) in [5, 5.41) is 0. The van der Waals surface area contributed by atoms with E-state index >= 15 is 0 Å². The van der Waals surface area contributed by atoms with Gasteiger partial charge in [-0.2, -0.15) is 12.7 Å². The number of nitrogens with zero attached hydrogens (tertiary/aromatic N) is 3. The molecular formula is C17H27N3O3S. The minimum Gasteiger partial charge on any atom is -0.338 e. The van der Waals surface area contributed by atoms with Crippen molar-refractivity contribution in [3.8, 4) is 0 Å². The molecule has 0 aliphatic carbocycles. The molecule has 0 bridgehead atoms. The number of amides is 1. The highest BCUT2D eigenvalue weighted by Gasteiger charge is 2.29. The van der Waals surface area contributed by atoms with Crippen molar-refractivity contribution in [2.24, 2.45) is 5.41 Å². The lowest BCUT2D eigenvalue weighted by Gasteiger charge is -2.38. The van der Waals surface area contributed by atoms with Crippen LogP contribution in [0.4, 0.5) is 5.69 Å². The van der Waals surface area contributed by atoms with Crippen molar-refractivity contribution in [1.82, 2.24) is 9.21 Å². The number of hydrogen-bond donors (Lipinski definition) is 0. The molecule has 134 valence electrons. The molecule has 6 nitrogen and oxygen atoms in total. The summed E-state index contributed by atoms with van der Waals surface area (Å²) in [6.07, 6.45) is 2.14. The van der Waals surface area contributed by atoms with E-state index in [1.807, 2.05) is 4.90 Å². The van der Waals surface area contributed by atoms with Crippen LogP contribution in [-0.4, -0.2) is 57.8 Å². The standard InChI is InChI=1S/C17H27N3O3S/c1-17(2)11-6-12-20(13-17)16(21)14-7-9-15(10-8-14)19(5)24(22,23)18(3)4/h7-10H,6,11-13H2,1-5H3. The van der Waals surface area contributed by atoms with E-state index in [4.69, 9.17) is 0 Å². The van der Waals surface area contributed by atoms with Gasteiger partial charge in [-0.15, -0.1) is 0 Å². The quantitative estimate of drug-likeness (QED) is 0.834. The third-order valence-electron chi connectivity index (χ3n) is 4.47. The SMILES string of the molecule is CN(C)S(=O)(=O)N(C)c1ccc(C(=O)N2CCCC(C)(C)C2)cc1. The van der Waals surface area contributed by atoms with Gasteiger partial charge in [0.2, 0.25) is 0 Å². The first kappa shape index (κ1) is 18.7.